The van der Waals surface area contributed by atoms with Gasteiger partial charge in [0, 0.05) is 27.1 Å². The lowest BCUT2D eigenvalue weighted by molar-refractivity contribution is -0.114. The van der Waals surface area contributed by atoms with Gasteiger partial charge in [0.05, 0.1) is 0 Å². The van der Waals surface area contributed by atoms with Gasteiger partial charge >= 0.3 is 0 Å². The minimum Gasteiger partial charge on any atom is -0.343 e. The number of carbonyl (C=O) groups excluding carboxylic acids is 2. The smallest absolute Gasteiger partial charge is 0.271 e. The Bertz CT molecular complexity index is 356. The number of anilines is 1. The molecule has 0 unspecified atom stereocenters. The van der Waals surface area contributed by atoms with Gasteiger partial charge in [-0.05, 0) is 0 Å². The average Bonchev–Trinajstić information content (AvgIpc) is 2.50. The third kappa shape index (κ3) is 2.32. The molecule has 1 aromatic heterocycles. The average molecular weight is 196 g/mol. The molecule has 0 aliphatic heterocycles. The van der Waals surface area contributed by atoms with E-state index in [-0.39, 0.29) is 11.8 Å². The predicted molar refractivity (Wildman–Crippen MR) is 50.9 cm³/mol. The van der Waals surface area contributed by atoms with Crippen molar-refractivity contribution in [2.24, 2.45) is 0 Å². The first kappa shape index (κ1) is 10.2. The Hall–Kier alpha value is -1.85. The Morgan fingerprint density at radius 1 is 1.50 bits per heavy atom. The molecule has 0 aliphatic rings. The van der Waals surface area contributed by atoms with Crippen molar-refractivity contribution in [2.45, 2.75) is 6.92 Å². The van der Waals surface area contributed by atoms with E-state index in [0.29, 0.717) is 11.5 Å². The monoisotopic (exact) mass is 196 g/mol. The summed E-state index contributed by atoms with van der Waals surface area (Å²) < 4.78 is 0. The molecular formula is C8H12N4O2. The number of hydrogen-bond donors (Lipinski definition) is 2. The number of aromatic amines is 1. The maximum absolute atomic E-state index is 11.4. The molecule has 6 heteroatoms. The van der Waals surface area contributed by atoms with Crippen LogP contribution in [0.4, 0.5) is 5.82 Å². The lowest BCUT2D eigenvalue weighted by Gasteiger charge is -2.06. The van der Waals surface area contributed by atoms with E-state index < -0.39 is 0 Å². The maximum atomic E-state index is 11.4. The van der Waals surface area contributed by atoms with E-state index in [1.807, 2.05) is 0 Å². The van der Waals surface area contributed by atoms with Crippen LogP contribution < -0.4 is 5.32 Å². The fourth-order valence-corrected chi connectivity index (χ4v) is 0.917. The van der Waals surface area contributed by atoms with Gasteiger partial charge in [0.15, 0.2) is 5.82 Å². The van der Waals surface area contributed by atoms with E-state index in [1.165, 1.54) is 17.9 Å². The second-order valence-corrected chi connectivity index (χ2v) is 3.05. The topological polar surface area (TPSA) is 78.1 Å². The molecule has 0 fully saturated rings. The zero-order valence-electron chi connectivity index (χ0n) is 8.29. The third-order valence-electron chi connectivity index (χ3n) is 1.52. The standard InChI is InChI=1S/C8H12N4O2/c1-5(13)9-7-4-6(10-11-7)8(14)12(2)3/h4H,1-3H3,(H2,9,10,11,13). The van der Waals surface area contributed by atoms with Crippen LogP contribution >= 0.6 is 0 Å². The van der Waals surface area contributed by atoms with Gasteiger partial charge in [-0.3, -0.25) is 14.7 Å². The van der Waals surface area contributed by atoms with Gasteiger partial charge in [-0.15, -0.1) is 0 Å². The van der Waals surface area contributed by atoms with Crippen LogP contribution in [0.2, 0.25) is 0 Å². The van der Waals surface area contributed by atoms with E-state index in [1.54, 1.807) is 14.1 Å². The molecule has 2 N–H and O–H groups in total. The number of aromatic nitrogens is 2. The second kappa shape index (κ2) is 3.91. The molecular weight excluding hydrogens is 184 g/mol. The van der Waals surface area contributed by atoms with Crippen molar-refractivity contribution in [1.82, 2.24) is 15.1 Å². The lowest BCUT2D eigenvalue weighted by atomic mass is 10.4. The minimum absolute atomic E-state index is 0.186. The summed E-state index contributed by atoms with van der Waals surface area (Å²) in [4.78, 5) is 23.5. The summed E-state index contributed by atoms with van der Waals surface area (Å²) >= 11 is 0. The fraction of sp³-hybridized carbons (Fsp3) is 0.375. The third-order valence-corrected chi connectivity index (χ3v) is 1.52. The summed E-state index contributed by atoms with van der Waals surface area (Å²) in [5.74, 6) is -0.0582. The van der Waals surface area contributed by atoms with Crippen LogP contribution in [0.1, 0.15) is 17.4 Å². The Labute approximate surface area is 81.3 Å². The molecule has 0 saturated carbocycles. The normalized spacial score (nSPS) is 9.64. The van der Waals surface area contributed by atoms with Crippen LogP contribution in [0.5, 0.6) is 0 Å². The van der Waals surface area contributed by atoms with Crippen molar-refractivity contribution in [1.29, 1.82) is 0 Å². The molecule has 6 nitrogen and oxygen atoms in total. The number of nitrogens with one attached hydrogen (secondary N) is 2. The van der Waals surface area contributed by atoms with Crippen LogP contribution in [-0.2, 0) is 4.79 Å². The number of amides is 2. The molecule has 0 aromatic carbocycles. The number of rotatable bonds is 2. The fourth-order valence-electron chi connectivity index (χ4n) is 0.917. The minimum atomic E-state index is -0.222. The van der Waals surface area contributed by atoms with E-state index in [4.69, 9.17) is 0 Å². The summed E-state index contributed by atoms with van der Waals surface area (Å²) in [6, 6.07) is 1.49. The highest BCUT2D eigenvalue weighted by Crippen LogP contribution is 2.06. The molecule has 1 aromatic rings. The van der Waals surface area contributed by atoms with E-state index in [2.05, 4.69) is 15.5 Å². The van der Waals surface area contributed by atoms with Gasteiger partial charge in [0.1, 0.15) is 5.69 Å². The molecule has 76 valence electrons. The Balaban J connectivity index is 2.77. The molecule has 1 rings (SSSR count). The van der Waals surface area contributed by atoms with Crippen LogP contribution in [0.3, 0.4) is 0 Å². The SMILES string of the molecule is CC(=O)Nc1cc(C(=O)N(C)C)[nH]n1. The zero-order chi connectivity index (χ0) is 10.7. The Kier molecular flexibility index (Phi) is 2.85. The van der Waals surface area contributed by atoms with Crippen molar-refractivity contribution in [3.8, 4) is 0 Å². The van der Waals surface area contributed by atoms with Crippen molar-refractivity contribution in [3.05, 3.63) is 11.8 Å². The molecule has 0 aliphatic carbocycles. The summed E-state index contributed by atoms with van der Waals surface area (Å²) in [6.07, 6.45) is 0. The van der Waals surface area contributed by atoms with Gasteiger partial charge in [-0.1, -0.05) is 0 Å². The highest BCUT2D eigenvalue weighted by molar-refractivity contribution is 5.94. The van der Waals surface area contributed by atoms with Gasteiger partial charge in [-0.2, -0.15) is 5.10 Å². The van der Waals surface area contributed by atoms with Crippen LogP contribution in [0.15, 0.2) is 6.07 Å². The number of H-pyrrole nitrogens is 1. The highest BCUT2D eigenvalue weighted by Gasteiger charge is 2.11. The van der Waals surface area contributed by atoms with E-state index in [9.17, 15) is 9.59 Å². The first-order chi connectivity index (χ1) is 6.50. The van der Waals surface area contributed by atoms with Gasteiger partial charge in [-0.25, -0.2) is 0 Å². The van der Waals surface area contributed by atoms with Gasteiger partial charge in [0.25, 0.3) is 5.91 Å². The van der Waals surface area contributed by atoms with Crippen LogP contribution in [-0.4, -0.2) is 41.0 Å². The van der Waals surface area contributed by atoms with E-state index >= 15 is 0 Å². The van der Waals surface area contributed by atoms with Gasteiger partial charge < -0.3 is 10.2 Å². The Morgan fingerprint density at radius 3 is 2.64 bits per heavy atom. The van der Waals surface area contributed by atoms with Crippen LogP contribution in [0, 0.1) is 0 Å². The summed E-state index contributed by atoms with van der Waals surface area (Å²) in [5.41, 5.74) is 0.346. The summed E-state index contributed by atoms with van der Waals surface area (Å²) in [5, 5.41) is 8.76. The van der Waals surface area contributed by atoms with E-state index in [0.717, 1.165) is 0 Å². The molecule has 0 atom stereocenters. The number of nitrogens with zero attached hydrogens (tertiary/aromatic N) is 2. The predicted octanol–water partition coefficient (Wildman–Crippen LogP) is 0.0699. The molecule has 1 heterocycles. The van der Waals surface area contributed by atoms with Crippen molar-refractivity contribution in [2.75, 3.05) is 19.4 Å². The summed E-state index contributed by atoms with van der Waals surface area (Å²) in [7, 11) is 3.28. The van der Waals surface area contributed by atoms with Crippen molar-refractivity contribution in [3.63, 3.8) is 0 Å². The second-order valence-electron chi connectivity index (χ2n) is 3.05. The molecule has 14 heavy (non-hydrogen) atoms. The summed E-state index contributed by atoms with van der Waals surface area (Å²) in [6.45, 7) is 1.38. The largest absolute Gasteiger partial charge is 0.343 e. The molecule has 0 radical (unpaired) electrons. The zero-order valence-corrected chi connectivity index (χ0v) is 8.29. The first-order valence-corrected chi connectivity index (χ1v) is 4.05. The number of carbonyl (C=O) groups is 2. The van der Waals surface area contributed by atoms with Gasteiger partial charge in [0.2, 0.25) is 5.91 Å². The molecule has 0 bridgehead atoms. The molecule has 2 amide bonds. The molecule has 0 spiro atoms. The Morgan fingerprint density at radius 2 is 2.14 bits per heavy atom. The first-order valence-electron chi connectivity index (χ1n) is 4.05. The quantitative estimate of drug-likeness (QED) is 0.702. The van der Waals surface area contributed by atoms with Crippen molar-refractivity contribution < 1.29 is 9.59 Å². The van der Waals surface area contributed by atoms with Crippen molar-refractivity contribution >= 4 is 17.6 Å². The maximum Gasteiger partial charge on any atom is 0.271 e. The molecule has 0 saturated heterocycles. The number of hydrogen-bond acceptors (Lipinski definition) is 3. The lowest BCUT2D eigenvalue weighted by Crippen LogP contribution is -2.21. The highest BCUT2D eigenvalue weighted by atomic mass is 16.2. The van der Waals surface area contributed by atoms with Crippen LogP contribution in [0.25, 0.3) is 0 Å².